The average molecular weight is 249 g/mol. The van der Waals surface area contributed by atoms with Crippen molar-refractivity contribution < 1.29 is 0 Å². The van der Waals surface area contributed by atoms with Crippen molar-refractivity contribution >= 4 is 11.3 Å². The fraction of sp³-hybridized carbons (Fsp3) is 0.733. The molecule has 0 saturated heterocycles. The molecule has 1 heterocycles. The summed E-state index contributed by atoms with van der Waals surface area (Å²) in [5, 5.41) is 6.13. The minimum Gasteiger partial charge on any atom is -0.313 e. The van der Waals surface area contributed by atoms with Crippen LogP contribution in [-0.4, -0.2) is 12.6 Å². The minimum absolute atomic E-state index is 0.767. The van der Waals surface area contributed by atoms with E-state index in [9.17, 15) is 0 Å². The Morgan fingerprint density at radius 3 is 3.06 bits per heavy atom. The van der Waals surface area contributed by atoms with Crippen LogP contribution in [0.4, 0.5) is 0 Å². The Bertz CT molecular complexity index is 367. The molecule has 0 bridgehead atoms. The number of fused-ring (bicyclic) bond motifs is 1. The summed E-state index contributed by atoms with van der Waals surface area (Å²) in [4.78, 5) is 1.67. The topological polar surface area (TPSA) is 12.0 Å². The molecule has 0 aliphatic heterocycles. The predicted octanol–water partition coefficient (Wildman–Crippen LogP) is 3.95. The van der Waals surface area contributed by atoms with Crippen LogP contribution in [0.15, 0.2) is 11.4 Å². The molecule has 0 spiro atoms. The van der Waals surface area contributed by atoms with Crippen molar-refractivity contribution in [3.63, 3.8) is 0 Å². The summed E-state index contributed by atoms with van der Waals surface area (Å²) < 4.78 is 0. The summed E-state index contributed by atoms with van der Waals surface area (Å²) >= 11 is 1.97. The normalized spacial score (nSPS) is 25.6. The second-order valence-corrected chi connectivity index (χ2v) is 6.62. The van der Waals surface area contributed by atoms with E-state index in [2.05, 4.69) is 23.7 Å². The lowest BCUT2D eigenvalue weighted by Gasteiger charge is -2.31. The molecule has 17 heavy (non-hydrogen) atoms. The van der Waals surface area contributed by atoms with Crippen molar-refractivity contribution in [3.8, 4) is 0 Å². The van der Waals surface area contributed by atoms with Gasteiger partial charge in [-0.15, -0.1) is 11.3 Å². The van der Waals surface area contributed by atoms with Crippen LogP contribution in [-0.2, 0) is 6.42 Å². The third kappa shape index (κ3) is 2.43. The van der Waals surface area contributed by atoms with E-state index in [1.54, 1.807) is 10.4 Å². The molecule has 2 atom stereocenters. The summed E-state index contributed by atoms with van der Waals surface area (Å²) in [6.07, 6.45) is 8.30. The SMILES string of the molecule is CCCNC(C1CC1)C1CCCc2sccc21. The molecule has 1 fully saturated rings. The van der Waals surface area contributed by atoms with E-state index < -0.39 is 0 Å². The molecule has 1 N–H and O–H groups in total. The average Bonchev–Trinajstić information content (AvgIpc) is 3.07. The second-order valence-electron chi connectivity index (χ2n) is 5.62. The van der Waals surface area contributed by atoms with E-state index in [4.69, 9.17) is 0 Å². The number of thiophene rings is 1. The van der Waals surface area contributed by atoms with Crippen LogP contribution in [0.2, 0.25) is 0 Å². The van der Waals surface area contributed by atoms with Crippen LogP contribution >= 0.6 is 11.3 Å². The number of rotatable bonds is 5. The van der Waals surface area contributed by atoms with Gasteiger partial charge < -0.3 is 5.32 Å². The summed E-state index contributed by atoms with van der Waals surface area (Å²) in [6.45, 7) is 3.46. The standard InChI is InChI=1S/C15H23NS/c1-2-9-16-15(11-6-7-11)13-4-3-5-14-12(13)8-10-17-14/h8,10-11,13,15-16H,2-7,9H2,1H3. The Kier molecular flexibility index (Phi) is 3.53. The predicted molar refractivity (Wildman–Crippen MR) is 74.8 cm³/mol. The minimum atomic E-state index is 0.767. The van der Waals surface area contributed by atoms with Crippen LogP contribution in [0.25, 0.3) is 0 Å². The molecule has 1 aromatic heterocycles. The van der Waals surface area contributed by atoms with Gasteiger partial charge in [-0.1, -0.05) is 6.92 Å². The van der Waals surface area contributed by atoms with Crippen LogP contribution < -0.4 is 5.32 Å². The third-order valence-electron chi connectivity index (χ3n) is 4.29. The second kappa shape index (κ2) is 5.11. The zero-order chi connectivity index (χ0) is 11.7. The number of aryl methyl sites for hydroxylation is 1. The molecule has 1 saturated carbocycles. The highest BCUT2D eigenvalue weighted by molar-refractivity contribution is 7.10. The maximum Gasteiger partial charge on any atom is 0.0164 e. The van der Waals surface area contributed by atoms with E-state index in [-0.39, 0.29) is 0 Å². The lowest BCUT2D eigenvalue weighted by molar-refractivity contribution is 0.360. The van der Waals surface area contributed by atoms with Gasteiger partial charge in [-0.3, -0.25) is 0 Å². The molecule has 94 valence electrons. The maximum absolute atomic E-state index is 3.84. The molecule has 0 radical (unpaired) electrons. The van der Waals surface area contributed by atoms with Gasteiger partial charge in [0.1, 0.15) is 0 Å². The van der Waals surface area contributed by atoms with Gasteiger partial charge in [0.25, 0.3) is 0 Å². The van der Waals surface area contributed by atoms with Gasteiger partial charge in [0.15, 0.2) is 0 Å². The molecular weight excluding hydrogens is 226 g/mol. The van der Waals surface area contributed by atoms with Gasteiger partial charge in [-0.2, -0.15) is 0 Å². The van der Waals surface area contributed by atoms with E-state index in [1.165, 1.54) is 45.1 Å². The first kappa shape index (κ1) is 11.7. The van der Waals surface area contributed by atoms with Gasteiger partial charge >= 0.3 is 0 Å². The van der Waals surface area contributed by atoms with Crippen LogP contribution in [0.5, 0.6) is 0 Å². The smallest absolute Gasteiger partial charge is 0.0164 e. The number of nitrogens with one attached hydrogen (secondary N) is 1. The highest BCUT2D eigenvalue weighted by atomic mass is 32.1. The summed E-state index contributed by atoms with van der Waals surface area (Å²) in [6, 6.07) is 3.16. The summed E-state index contributed by atoms with van der Waals surface area (Å²) in [5.74, 6) is 1.78. The zero-order valence-electron chi connectivity index (χ0n) is 10.7. The van der Waals surface area contributed by atoms with E-state index in [1.807, 2.05) is 11.3 Å². The van der Waals surface area contributed by atoms with E-state index in [0.29, 0.717) is 0 Å². The van der Waals surface area contributed by atoms with Gasteiger partial charge in [0.05, 0.1) is 0 Å². The summed E-state index contributed by atoms with van der Waals surface area (Å²) in [5.41, 5.74) is 1.68. The Labute approximate surface area is 109 Å². The molecular formula is C15H23NS. The van der Waals surface area contributed by atoms with Gasteiger partial charge in [0, 0.05) is 16.8 Å². The Hall–Kier alpha value is -0.340. The quantitative estimate of drug-likeness (QED) is 0.833. The summed E-state index contributed by atoms with van der Waals surface area (Å²) in [7, 11) is 0. The molecule has 3 rings (SSSR count). The van der Waals surface area contributed by atoms with E-state index >= 15 is 0 Å². The largest absolute Gasteiger partial charge is 0.313 e. The Morgan fingerprint density at radius 1 is 1.41 bits per heavy atom. The van der Waals surface area contributed by atoms with Crippen LogP contribution in [0.3, 0.4) is 0 Å². The highest BCUT2D eigenvalue weighted by Crippen LogP contribution is 2.44. The number of hydrogen-bond donors (Lipinski definition) is 1. The Balaban J connectivity index is 1.78. The lowest BCUT2D eigenvalue weighted by atomic mass is 9.80. The highest BCUT2D eigenvalue weighted by Gasteiger charge is 2.38. The molecule has 2 aliphatic rings. The van der Waals surface area contributed by atoms with Crippen LogP contribution in [0, 0.1) is 5.92 Å². The first-order valence-electron chi connectivity index (χ1n) is 7.19. The molecule has 0 aromatic carbocycles. The first-order valence-corrected chi connectivity index (χ1v) is 8.07. The van der Waals surface area contributed by atoms with Gasteiger partial charge in [0.2, 0.25) is 0 Å². The Morgan fingerprint density at radius 2 is 2.29 bits per heavy atom. The number of hydrogen-bond acceptors (Lipinski definition) is 2. The molecule has 2 aliphatic carbocycles. The van der Waals surface area contributed by atoms with Crippen molar-refractivity contribution in [1.82, 2.24) is 5.32 Å². The van der Waals surface area contributed by atoms with Gasteiger partial charge in [-0.25, -0.2) is 0 Å². The molecule has 2 heteroatoms. The molecule has 0 amide bonds. The fourth-order valence-corrected chi connectivity index (χ4v) is 4.30. The van der Waals surface area contributed by atoms with Crippen molar-refractivity contribution in [2.45, 2.75) is 57.4 Å². The van der Waals surface area contributed by atoms with Gasteiger partial charge in [-0.05, 0) is 68.0 Å². The zero-order valence-corrected chi connectivity index (χ0v) is 11.6. The fourth-order valence-electron chi connectivity index (χ4n) is 3.30. The van der Waals surface area contributed by atoms with Crippen LogP contribution in [0.1, 0.15) is 55.4 Å². The maximum atomic E-state index is 3.84. The van der Waals surface area contributed by atoms with E-state index in [0.717, 1.165) is 17.9 Å². The van der Waals surface area contributed by atoms with Crippen molar-refractivity contribution in [2.75, 3.05) is 6.54 Å². The molecule has 1 aromatic rings. The lowest BCUT2D eigenvalue weighted by Crippen LogP contribution is -2.38. The monoisotopic (exact) mass is 249 g/mol. The van der Waals surface area contributed by atoms with Crippen molar-refractivity contribution in [2.24, 2.45) is 5.92 Å². The third-order valence-corrected chi connectivity index (χ3v) is 5.29. The van der Waals surface area contributed by atoms with Crippen molar-refractivity contribution in [1.29, 1.82) is 0 Å². The molecule has 1 nitrogen and oxygen atoms in total. The first-order chi connectivity index (χ1) is 8.40. The molecule has 2 unspecified atom stereocenters. The van der Waals surface area contributed by atoms with Crippen molar-refractivity contribution in [3.05, 3.63) is 21.9 Å².